The molecule has 0 spiro atoms. The van der Waals surface area contributed by atoms with E-state index in [4.69, 9.17) is 33.7 Å². The fraction of sp³-hybridized carbons (Fsp3) is 0.294. The number of ether oxygens (including phenoxy) is 1. The van der Waals surface area contributed by atoms with Crippen LogP contribution >= 0.6 is 23.2 Å². The van der Waals surface area contributed by atoms with E-state index >= 15 is 0 Å². The van der Waals surface area contributed by atoms with E-state index in [-0.39, 0.29) is 6.04 Å². The molecule has 2 aromatic carbocycles. The average Bonchev–Trinajstić information content (AvgIpc) is 2.35. The van der Waals surface area contributed by atoms with Gasteiger partial charge in [0.15, 0.2) is 0 Å². The van der Waals surface area contributed by atoms with E-state index in [0.717, 1.165) is 22.4 Å². The summed E-state index contributed by atoms with van der Waals surface area (Å²) >= 11 is 12.4. The Morgan fingerprint density at radius 3 is 2.29 bits per heavy atom. The lowest BCUT2D eigenvalue weighted by molar-refractivity contribution is 0.467. The summed E-state index contributed by atoms with van der Waals surface area (Å²) in [7, 11) is 0. The highest BCUT2D eigenvalue weighted by Gasteiger charge is 2.14. The lowest BCUT2D eigenvalue weighted by atomic mass is 10.1. The van der Waals surface area contributed by atoms with Crippen LogP contribution in [0.5, 0.6) is 11.5 Å². The van der Waals surface area contributed by atoms with Gasteiger partial charge in [-0.15, -0.1) is 0 Å². The molecule has 0 saturated carbocycles. The second-order valence-electron chi connectivity index (χ2n) is 5.38. The van der Waals surface area contributed by atoms with Crippen molar-refractivity contribution >= 4 is 23.2 Å². The third-order valence-electron chi connectivity index (χ3n) is 3.22. The number of halogens is 2. The van der Waals surface area contributed by atoms with Crippen molar-refractivity contribution in [1.82, 2.24) is 0 Å². The number of hydrogen-bond acceptors (Lipinski definition) is 2. The normalized spacial score (nSPS) is 12.3. The predicted molar refractivity (Wildman–Crippen MR) is 89.8 cm³/mol. The van der Waals surface area contributed by atoms with Gasteiger partial charge >= 0.3 is 0 Å². The van der Waals surface area contributed by atoms with Crippen LogP contribution in [0.25, 0.3) is 0 Å². The highest BCUT2D eigenvalue weighted by molar-refractivity contribution is 6.32. The zero-order valence-corrected chi connectivity index (χ0v) is 13.9. The molecule has 2 N–H and O–H groups in total. The van der Waals surface area contributed by atoms with Crippen LogP contribution in [0.2, 0.25) is 10.0 Å². The maximum atomic E-state index is 6.31. The predicted octanol–water partition coefficient (Wildman–Crippen LogP) is 5.29. The number of aryl methyl sites for hydroxylation is 2. The molecule has 1 unspecified atom stereocenters. The van der Waals surface area contributed by atoms with E-state index in [1.54, 1.807) is 0 Å². The number of benzene rings is 2. The molecule has 112 valence electrons. The molecular weight excluding hydrogens is 305 g/mol. The molecule has 4 heteroatoms. The third-order valence-corrected chi connectivity index (χ3v) is 3.74. The molecular formula is C17H19Cl2NO. The molecule has 0 bridgehead atoms. The van der Waals surface area contributed by atoms with Crippen molar-refractivity contribution in [2.45, 2.75) is 33.2 Å². The first-order valence-electron chi connectivity index (χ1n) is 6.86. The molecule has 0 aliphatic rings. The summed E-state index contributed by atoms with van der Waals surface area (Å²) in [6.45, 7) is 5.90. The van der Waals surface area contributed by atoms with Gasteiger partial charge in [0.25, 0.3) is 0 Å². The van der Waals surface area contributed by atoms with Crippen molar-refractivity contribution in [3.05, 3.63) is 57.1 Å². The maximum absolute atomic E-state index is 6.31. The Hall–Kier alpha value is -1.22. The molecule has 0 aromatic heterocycles. The van der Waals surface area contributed by atoms with Gasteiger partial charge in [-0.2, -0.15) is 0 Å². The van der Waals surface area contributed by atoms with Gasteiger partial charge < -0.3 is 10.5 Å². The van der Waals surface area contributed by atoms with Crippen molar-refractivity contribution in [2.24, 2.45) is 5.73 Å². The molecule has 21 heavy (non-hydrogen) atoms. The van der Waals surface area contributed by atoms with Crippen LogP contribution in [0, 0.1) is 13.8 Å². The first-order chi connectivity index (χ1) is 9.88. The van der Waals surface area contributed by atoms with Crippen molar-refractivity contribution in [2.75, 3.05) is 0 Å². The molecule has 0 aliphatic heterocycles. The van der Waals surface area contributed by atoms with Gasteiger partial charge in [-0.05, 0) is 62.1 Å². The minimum Gasteiger partial charge on any atom is -0.455 e. The van der Waals surface area contributed by atoms with E-state index < -0.39 is 0 Å². The van der Waals surface area contributed by atoms with Crippen LogP contribution in [0.3, 0.4) is 0 Å². The molecule has 2 rings (SSSR count). The molecule has 0 aliphatic carbocycles. The smallest absolute Gasteiger partial charge is 0.149 e. The monoisotopic (exact) mass is 323 g/mol. The number of rotatable bonds is 4. The van der Waals surface area contributed by atoms with E-state index in [2.05, 4.69) is 0 Å². The Morgan fingerprint density at radius 1 is 1.10 bits per heavy atom. The lowest BCUT2D eigenvalue weighted by Gasteiger charge is -2.17. The van der Waals surface area contributed by atoms with Crippen LogP contribution in [0.1, 0.15) is 23.6 Å². The standard InChI is InChI=1S/C17H19Cl2NO/c1-10-7-14(18)8-11(2)16(10)21-17-13(9-12(3)20)5-4-6-15(17)19/h4-8,12H,9,20H2,1-3H3. The first kappa shape index (κ1) is 16.2. The second-order valence-corrected chi connectivity index (χ2v) is 6.22. The SMILES string of the molecule is Cc1cc(Cl)cc(C)c1Oc1c(Cl)cccc1CC(C)N. The van der Waals surface area contributed by atoms with Crippen molar-refractivity contribution in [1.29, 1.82) is 0 Å². The fourth-order valence-electron chi connectivity index (χ4n) is 2.34. The zero-order valence-electron chi connectivity index (χ0n) is 12.4. The summed E-state index contributed by atoms with van der Waals surface area (Å²) in [6.07, 6.45) is 0.710. The highest BCUT2D eigenvalue weighted by Crippen LogP contribution is 2.37. The minimum absolute atomic E-state index is 0.0400. The Bertz CT molecular complexity index is 630. The number of para-hydroxylation sites is 1. The van der Waals surface area contributed by atoms with E-state index in [1.165, 1.54) is 0 Å². The largest absolute Gasteiger partial charge is 0.455 e. The summed E-state index contributed by atoms with van der Waals surface area (Å²) in [4.78, 5) is 0. The molecule has 0 amide bonds. The molecule has 0 fully saturated rings. The Morgan fingerprint density at radius 2 is 1.71 bits per heavy atom. The Labute approximate surface area is 135 Å². The second kappa shape index (κ2) is 6.69. The molecule has 0 heterocycles. The molecule has 1 atom stereocenters. The van der Waals surface area contributed by atoms with Gasteiger partial charge in [-0.25, -0.2) is 0 Å². The van der Waals surface area contributed by atoms with Crippen LogP contribution in [-0.2, 0) is 6.42 Å². The summed E-state index contributed by atoms with van der Waals surface area (Å²) in [5.74, 6) is 1.46. The molecule has 0 radical (unpaired) electrons. The van der Waals surface area contributed by atoms with Gasteiger partial charge in [-0.1, -0.05) is 35.3 Å². The lowest BCUT2D eigenvalue weighted by Crippen LogP contribution is -2.18. The summed E-state index contributed by atoms with van der Waals surface area (Å²) in [5.41, 5.74) is 8.86. The molecule has 2 aromatic rings. The first-order valence-corrected chi connectivity index (χ1v) is 7.61. The molecule has 2 nitrogen and oxygen atoms in total. The van der Waals surface area contributed by atoms with E-state index in [1.807, 2.05) is 51.1 Å². The summed E-state index contributed by atoms with van der Waals surface area (Å²) in [6, 6.07) is 9.53. The van der Waals surface area contributed by atoms with Crippen LogP contribution in [0.15, 0.2) is 30.3 Å². The third kappa shape index (κ3) is 3.91. The van der Waals surface area contributed by atoms with Crippen LogP contribution < -0.4 is 10.5 Å². The summed E-state index contributed by atoms with van der Waals surface area (Å²) < 4.78 is 6.11. The Kier molecular flexibility index (Phi) is 5.15. The van der Waals surface area contributed by atoms with Crippen LogP contribution in [-0.4, -0.2) is 6.04 Å². The zero-order chi connectivity index (χ0) is 15.6. The van der Waals surface area contributed by atoms with E-state index in [0.29, 0.717) is 22.2 Å². The average molecular weight is 324 g/mol. The van der Waals surface area contributed by atoms with Gasteiger partial charge in [0.05, 0.1) is 5.02 Å². The van der Waals surface area contributed by atoms with Gasteiger partial charge in [-0.3, -0.25) is 0 Å². The van der Waals surface area contributed by atoms with E-state index in [9.17, 15) is 0 Å². The quantitative estimate of drug-likeness (QED) is 0.829. The summed E-state index contributed by atoms with van der Waals surface area (Å²) in [5, 5.41) is 1.29. The van der Waals surface area contributed by atoms with Gasteiger partial charge in [0, 0.05) is 11.1 Å². The van der Waals surface area contributed by atoms with Gasteiger partial charge in [0.1, 0.15) is 11.5 Å². The van der Waals surface area contributed by atoms with Crippen LogP contribution in [0.4, 0.5) is 0 Å². The highest BCUT2D eigenvalue weighted by atomic mass is 35.5. The number of nitrogens with two attached hydrogens (primary N) is 1. The topological polar surface area (TPSA) is 35.2 Å². The Balaban J connectivity index is 2.44. The van der Waals surface area contributed by atoms with Crippen molar-refractivity contribution in [3.8, 4) is 11.5 Å². The van der Waals surface area contributed by atoms with Crippen molar-refractivity contribution in [3.63, 3.8) is 0 Å². The maximum Gasteiger partial charge on any atom is 0.149 e. The van der Waals surface area contributed by atoms with Crippen molar-refractivity contribution < 1.29 is 4.74 Å². The minimum atomic E-state index is 0.0400. The number of hydrogen-bond donors (Lipinski definition) is 1. The van der Waals surface area contributed by atoms with Gasteiger partial charge in [0.2, 0.25) is 0 Å². The fourth-order valence-corrected chi connectivity index (χ4v) is 2.90. The molecule has 0 saturated heterocycles.